The third-order valence-electron chi connectivity index (χ3n) is 2.81. The first-order valence-corrected chi connectivity index (χ1v) is 6.29. The minimum atomic E-state index is -0.205. The van der Waals surface area contributed by atoms with Crippen LogP contribution in [0.4, 0.5) is 10.3 Å². The van der Waals surface area contributed by atoms with Crippen LogP contribution in [0.25, 0.3) is 0 Å². The lowest BCUT2D eigenvalue weighted by Gasteiger charge is -2.09. The summed E-state index contributed by atoms with van der Waals surface area (Å²) in [4.78, 5) is 4.26. The molecule has 18 heavy (non-hydrogen) atoms. The predicted octanol–water partition coefficient (Wildman–Crippen LogP) is 3.43. The van der Waals surface area contributed by atoms with Gasteiger partial charge < -0.3 is 9.88 Å². The van der Waals surface area contributed by atoms with Crippen molar-refractivity contribution in [2.24, 2.45) is 0 Å². The van der Waals surface area contributed by atoms with E-state index in [2.05, 4.69) is 21.8 Å². The van der Waals surface area contributed by atoms with Crippen LogP contribution in [-0.4, -0.2) is 9.55 Å². The Hall–Kier alpha value is -1.84. The summed E-state index contributed by atoms with van der Waals surface area (Å²) in [5, 5.41) is 3.23. The van der Waals surface area contributed by atoms with Crippen molar-refractivity contribution in [2.75, 3.05) is 5.32 Å². The Morgan fingerprint density at radius 1 is 1.39 bits per heavy atom. The Morgan fingerprint density at radius 3 is 3.06 bits per heavy atom. The van der Waals surface area contributed by atoms with Crippen LogP contribution in [0, 0.1) is 5.82 Å². The highest BCUT2D eigenvalue weighted by Crippen LogP contribution is 2.09. The number of anilines is 1. The van der Waals surface area contributed by atoms with Gasteiger partial charge >= 0.3 is 0 Å². The van der Waals surface area contributed by atoms with Crippen LogP contribution in [0.3, 0.4) is 0 Å². The number of benzene rings is 1. The van der Waals surface area contributed by atoms with Crippen molar-refractivity contribution in [1.29, 1.82) is 0 Å². The lowest BCUT2D eigenvalue weighted by Crippen LogP contribution is -2.07. The Morgan fingerprint density at radius 2 is 2.28 bits per heavy atom. The number of aryl methyl sites for hydroxylation is 1. The van der Waals surface area contributed by atoms with E-state index < -0.39 is 0 Å². The van der Waals surface area contributed by atoms with E-state index >= 15 is 0 Å². The maximum Gasteiger partial charge on any atom is 0.203 e. The molecule has 0 aliphatic rings. The number of hydrogen-bond donors (Lipinski definition) is 1. The van der Waals surface area contributed by atoms with Crippen molar-refractivity contribution in [2.45, 2.75) is 32.9 Å². The molecule has 96 valence electrons. The van der Waals surface area contributed by atoms with E-state index in [-0.39, 0.29) is 5.82 Å². The number of rotatable bonds is 6. The number of aromatic nitrogens is 2. The standard InChI is InChI=1S/C14H18FN3/c1-2-3-8-18-9-7-16-14(18)17-11-12-5-4-6-13(15)10-12/h4-7,9-10H,2-3,8,11H2,1H3,(H,16,17). The minimum absolute atomic E-state index is 0.205. The van der Waals surface area contributed by atoms with Gasteiger partial charge in [0.25, 0.3) is 0 Å². The number of halogens is 1. The number of unbranched alkanes of at least 4 members (excludes halogenated alkanes) is 1. The SMILES string of the molecule is CCCCn1ccnc1NCc1cccc(F)c1. The molecule has 0 unspecified atom stereocenters. The zero-order valence-corrected chi connectivity index (χ0v) is 10.6. The fraction of sp³-hybridized carbons (Fsp3) is 0.357. The van der Waals surface area contributed by atoms with E-state index in [1.165, 1.54) is 12.1 Å². The molecule has 0 aliphatic carbocycles. The van der Waals surface area contributed by atoms with Crippen LogP contribution in [0.1, 0.15) is 25.3 Å². The molecule has 0 spiro atoms. The summed E-state index contributed by atoms with van der Waals surface area (Å²) in [6.07, 6.45) is 6.03. The van der Waals surface area contributed by atoms with Gasteiger partial charge in [0, 0.05) is 25.5 Å². The smallest absolute Gasteiger partial charge is 0.203 e. The van der Waals surface area contributed by atoms with E-state index in [0.717, 1.165) is 30.9 Å². The Bertz CT molecular complexity index is 493. The normalized spacial score (nSPS) is 10.6. The average Bonchev–Trinajstić information content (AvgIpc) is 2.81. The van der Waals surface area contributed by atoms with Crippen molar-refractivity contribution in [3.05, 3.63) is 48.0 Å². The number of hydrogen-bond acceptors (Lipinski definition) is 2. The van der Waals surface area contributed by atoms with E-state index in [4.69, 9.17) is 0 Å². The summed E-state index contributed by atoms with van der Waals surface area (Å²) in [7, 11) is 0. The van der Waals surface area contributed by atoms with Crippen molar-refractivity contribution in [1.82, 2.24) is 9.55 Å². The molecule has 0 radical (unpaired) electrons. The first-order valence-electron chi connectivity index (χ1n) is 6.29. The summed E-state index contributed by atoms with van der Waals surface area (Å²) < 4.78 is 15.1. The first-order chi connectivity index (χ1) is 8.79. The van der Waals surface area contributed by atoms with Crippen LogP contribution >= 0.6 is 0 Å². The van der Waals surface area contributed by atoms with Crippen LogP contribution in [0.15, 0.2) is 36.7 Å². The van der Waals surface area contributed by atoms with Crippen LogP contribution in [0.5, 0.6) is 0 Å². The van der Waals surface area contributed by atoms with E-state index in [1.807, 2.05) is 12.3 Å². The van der Waals surface area contributed by atoms with Gasteiger partial charge in [0.2, 0.25) is 5.95 Å². The number of imidazole rings is 1. The molecule has 0 bridgehead atoms. The summed E-state index contributed by atoms with van der Waals surface area (Å²) in [6.45, 7) is 3.71. The molecule has 0 atom stereocenters. The third-order valence-corrected chi connectivity index (χ3v) is 2.81. The van der Waals surface area contributed by atoms with Gasteiger partial charge in [-0.1, -0.05) is 25.5 Å². The first kappa shape index (κ1) is 12.6. The van der Waals surface area contributed by atoms with E-state index in [9.17, 15) is 4.39 Å². The van der Waals surface area contributed by atoms with Gasteiger partial charge in [-0.25, -0.2) is 9.37 Å². The van der Waals surface area contributed by atoms with Crippen molar-refractivity contribution >= 4 is 5.95 Å². The van der Waals surface area contributed by atoms with Crippen molar-refractivity contribution in [3.63, 3.8) is 0 Å². The van der Waals surface area contributed by atoms with Crippen molar-refractivity contribution < 1.29 is 4.39 Å². The summed E-state index contributed by atoms with van der Waals surface area (Å²) in [5.41, 5.74) is 0.917. The van der Waals surface area contributed by atoms with Gasteiger partial charge in [-0.2, -0.15) is 0 Å². The zero-order chi connectivity index (χ0) is 12.8. The second kappa shape index (κ2) is 6.19. The third kappa shape index (κ3) is 3.32. The average molecular weight is 247 g/mol. The largest absolute Gasteiger partial charge is 0.352 e. The maximum absolute atomic E-state index is 13.0. The van der Waals surface area contributed by atoms with Crippen LogP contribution < -0.4 is 5.32 Å². The van der Waals surface area contributed by atoms with Crippen LogP contribution in [-0.2, 0) is 13.1 Å². The van der Waals surface area contributed by atoms with Gasteiger partial charge in [-0.05, 0) is 24.1 Å². The summed E-state index contributed by atoms with van der Waals surface area (Å²) in [6, 6.07) is 6.60. The number of nitrogens with zero attached hydrogens (tertiary/aromatic N) is 2. The van der Waals surface area contributed by atoms with Gasteiger partial charge in [0.15, 0.2) is 0 Å². The molecule has 0 saturated heterocycles. The maximum atomic E-state index is 13.0. The molecule has 4 heteroatoms. The summed E-state index contributed by atoms with van der Waals surface area (Å²) in [5.74, 6) is 0.635. The Labute approximate surface area is 107 Å². The molecular formula is C14H18FN3. The molecule has 1 N–H and O–H groups in total. The molecule has 0 fully saturated rings. The molecule has 0 amide bonds. The second-order valence-electron chi connectivity index (χ2n) is 4.28. The molecule has 2 rings (SSSR count). The Kier molecular flexibility index (Phi) is 4.34. The van der Waals surface area contributed by atoms with Crippen molar-refractivity contribution in [3.8, 4) is 0 Å². The predicted molar refractivity (Wildman–Crippen MR) is 70.9 cm³/mol. The second-order valence-corrected chi connectivity index (χ2v) is 4.28. The quantitative estimate of drug-likeness (QED) is 0.847. The van der Waals surface area contributed by atoms with Gasteiger partial charge in [-0.15, -0.1) is 0 Å². The lowest BCUT2D eigenvalue weighted by molar-refractivity contribution is 0.624. The molecule has 1 aromatic heterocycles. The molecule has 1 heterocycles. The highest BCUT2D eigenvalue weighted by atomic mass is 19.1. The van der Waals surface area contributed by atoms with E-state index in [0.29, 0.717) is 6.54 Å². The fourth-order valence-corrected chi connectivity index (χ4v) is 1.81. The van der Waals surface area contributed by atoms with Gasteiger partial charge in [0.1, 0.15) is 5.82 Å². The minimum Gasteiger partial charge on any atom is -0.352 e. The molecular weight excluding hydrogens is 229 g/mol. The topological polar surface area (TPSA) is 29.9 Å². The molecule has 0 aliphatic heterocycles. The highest BCUT2D eigenvalue weighted by Gasteiger charge is 2.02. The monoisotopic (exact) mass is 247 g/mol. The van der Waals surface area contributed by atoms with Gasteiger partial charge in [0.05, 0.1) is 0 Å². The number of nitrogens with one attached hydrogen (secondary N) is 1. The molecule has 2 aromatic rings. The van der Waals surface area contributed by atoms with Gasteiger partial charge in [-0.3, -0.25) is 0 Å². The molecule has 1 aromatic carbocycles. The molecule has 0 saturated carbocycles. The fourth-order valence-electron chi connectivity index (χ4n) is 1.81. The summed E-state index contributed by atoms with van der Waals surface area (Å²) >= 11 is 0. The van der Waals surface area contributed by atoms with E-state index in [1.54, 1.807) is 12.3 Å². The lowest BCUT2D eigenvalue weighted by atomic mass is 10.2. The molecule has 3 nitrogen and oxygen atoms in total. The highest BCUT2D eigenvalue weighted by molar-refractivity contribution is 5.29. The zero-order valence-electron chi connectivity index (χ0n) is 10.6. The Balaban J connectivity index is 1.95. The van der Waals surface area contributed by atoms with Crippen LogP contribution in [0.2, 0.25) is 0 Å².